The van der Waals surface area contributed by atoms with Crippen molar-refractivity contribution in [3.05, 3.63) is 107 Å². The molecule has 2 aliphatic heterocycles. The second-order valence-electron chi connectivity index (χ2n) is 11.8. The molecule has 2 fully saturated rings. The van der Waals surface area contributed by atoms with Gasteiger partial charge in [0.2, 0.25) is 0 Å². The lowest BCUT2D eigenvalue weighted by molar-refractivity contribution is 0.104. The Labute approximate surface area is 280 Å². The summed E-state index contributed by atoms with van der Waals surface area (Å²) in [6, 6.07) is 24.5. The van der Waals surface area contributed by atoms with Gasteiger partial charge in [0.1, 0.15) is 24.7 Å². The van der Waals surface area contributed by atoms with Crippen LogP contribution in [0.5, 0.6) is 11.5 Å². The third-order valence-corrected chi connectivity index (χ3v) is 9.89. The molecule has 2 atom stereocenters. The van der Waals surface area contributed by atoms with Gasteiger partial charge in [-0.2, -0.15) is 16.8 Å². The number of hydrogen-bond donors (Lipinski definition) is 4. The van der Waals surface area contributed by atoms with Gasteiger partial charge in [0, 0.05) is 23.2 Å². The van der Waals surface area contributed by atoms with E-state index in [4.69, 9.17) is 18.6 Å². The van der Waals surface area contributed by atoms with Crippen LogP contribution in [0.3, 0.4) is 0 Å². The molecule has 2 saturated heterocycles. The number of nitrogens with one attached hydrogen (secondary N) is 2. The van der Waals surface area contributed by atoms with Gasteiger partial charge in [-0.25, -0.2) is 0 Å². The van der Waals surface area contributed by atoms with E-state index in [1.54, 1.807) is 24.3 Å². The molecule has 11 nitrogen and oxygen atoms in total. The van der Waals surface area contributed by atoms with Crippen LogP contribution in [-0.2, 0) is 20.2 Å². The third kappa shape index (κ3) is 9.07. The first-order valence-electron chi connectivity index (χ1n) is 15.4. The maximum absolute atomic E-state index is 12.9. The third-order valence-electron chi connectivity index (χ3n) is 8.15. The predicted molar refractivity (Wildman–Crippen MR) is 181 cm³/mol. The first-order chi connectivity index (χ1) is 22.8. The SMILES string of the molecule is Cc1ccc(S(=O)(=O)O)cc1.Cc1ccc(S(=O)(=O)O)cc1.O=C1c2cc(OC[C@H]3CCN3)ccc2-c2ccc(OC[C@H]3CCN3)cc21. The largest absolute Gasteiger partial charge is 0.492 e. The van der Waals surface area contributed by atoms with Crippen molar-refractivity contribution < 1.29 is 40.2 Å². The average Bonchev–Trinajstić information content (AvgIpc) is 3.26. The Morgan fingerprint density at radius 2 is 0.958 bits per heavy atom. The maximum Gasteiger partial charge on any atom is 0.294 e. The van der Waals surface area contributed by atoms with E-state index in [0.717, 1.165) is 70.8 Å². The molecule has 0 radical (unpaired) electrons. The number of benzene rings is 4. The Morgan fingerprint density at radius 3 is 1.25 bits per heavy atom. The highest BCUT2D eigenvalue weighted by atomic mass is 32.2. The van der Waals surface area contributed by atoms with Crippen molar-refractivity contribution in [2.24, 2.45) is 0 Å². The molecule has 0 amide bonds. The zero-order valence-electron chi connectivity index (χ0n) is 26.5. The summed E-state index contributed by atoms with van der Waals surface area (Å²) in [7, 11) is -8.04. The smallest absolute Gasteiger partial charge is 0.294 e. The predicted octanol–water partition coefficient (Wildman–Crippen LogP) is 4.86. The number of carbonyl (C=O) groups excluding carboxylic acids is 1. The van der Waals surface area contributed by atoms with Gasteiger partial charge in [-0.15, -0.1) is 0 Å². The van der Waals surface area contributed by atoms with Gasteiger partial charge >= 0.3 is 0 Å². The normalized spacial score (nSPS) is 17.6. The molecule has 0 saturated carbocycles. The zero-order chi connectivity index (χ0) is 34.5. The van der Waals surface area contributed by atoms with E-state index in [2.05, 4.69) is 10.6 Å². The highest BCUT2D eigenvalue weighted by Gasteiger charge is 2.28. The van der Waals surface area contributed by atoms with Crippen LogP contribution in [0.2, 0.25) is 0 Å². The van der Waals surface area contributed by atoms with Crippen molar-refractivity contribution in [3.63, 3.8) is 0 Å². The van der Waals surface area contributed by atoms with Gasteiger partial charge in [0.05, 0.1) is 9.79 Å². The molecule has 0 aromatic heterocycles. The van der Waals surface area contributed by atoms with Gasteiger partial charge < -0.3 is 20.1 Å². The summed E-state index contributed by atoms with van der Waals surface area (Å²) in [6.45, 7) is 7.10. The number of fused-ring (bicyclic) bond motifs is 3. The Hall–Kier alpha value is -4.11. The molecular formula is C35H38N2O9S2. The van der Waals surface area contributed by atoms with Crippen molar-refractivity contribution in [1.29, 1.82) is 0 Å². The van der Waals surface area contributed by atoms with Crippen LogP contribution in [0.15, 0.2) is 94.7 Å². The lowest BCUT2D eigenvalue weighted by Crippen LogP contribution is -2.46. The molecule has 13 heteroatoms. The highest BCUT2D eigenvalue weighted by Crippen LogP contribution is 2.40. The van der Waals surface area contributed by atoms with Crippen LogP contribution in [0.4, 0.5) is 0 Å². The van der Waals surface area contributed by atoms with Gasteiger partial charge in [0.25, 0.3) is 20.2 Å². The molecule has 48 heavy (non-hydrogen) atoms. The maximum atomic E-state index is 12.9. The number of aryl methyl sites for hydroxylation is 2. The van der Waals surface area contributed by atoms with Crippen molar-refractivity contribution in [1.82, 2.24) is 10.6 Å². The molecule has 2 heterocycles. The highest BCUT2D eigenvalue weighted by molar-refractivity contribution is 7.86. The lowest BCUT2D eigenvalue weighted by Gasteiger charge is -2.27. The van der Waals surface area contributed by atoms with Gasteiger partial charge in [-0.05, 0) is 112 Å². The Bertz CT molecular complexity index is 1830. The van der Waals surface area contributed by atoms with Crippen molar-refractivity contribution in [2.75, 3.05) is 26.3 Å². The fourth-order valence-electron chi connectivity index (χ4n) is 5.01. The zero-order valence-corrected chi connectivity index (χ0v) is 28.2. The number of rotatable bonds is 8. The second-order valence-corrected chi connectivity index (χ2v) is 14.7. The van der Waals surface area contributed by atoms with E-state index in [-0.39, 0.29) is 15.6 Å². The standard InChI is InChI=1S/C21H22N2O3.2C7H8O3S/c24-21-19-9-15(25-11-13-5-7-22-13)1-3-17(19)18-4-2-16(10-20(18)21)26-12-14-6-8-23-14;2*1-6-2-4-7(5-3-6)11(8,9)10/h1-4,9-10,13-14,22-23H,5-8,11-12H2;2*2-5H,1H3,(H,8,9,10)/t13-,14-;;/m1../s1. The van der Waals surface area contributed by atoms with Crippen LogP contribution < -0.4 is 20.1 Å². The molecule has 0 spiro atoms. The van der Waals surface area contributed by atoms with Crippen molar-refractivity contribution >= 4 is 26.0 Å². The number of ether oxygens (including phenoxy) is 2. The first-order valence-corrected chi connectivity index (χ1v) is 18.3. The van der Waals surface area contributed by atoms with Crippen LogP contribution >= 0.6 is 0 Å². The summed E-state index contributed by atoms with van der Waals surface area (Å²) in [5, 5.41) is 6.63. The number of hydrogen-bond acceptors (Lipinski definition) is 9. The molecule has 254 valence electrons. The van der Waals surface area contributed by atoms with Crippen LogP contribution in [0, 0.1) is 13.8 Å². The average molecular weight is 695 g/mol. The lowest BCUT2D eigenvalue weighted by atomic mass is 10.1. The second kappa shape index (κ2) is 15.0. The molecule has 4 aromatic rings. The van der Waals surface area contributed by atoms with Crippen molar-refractivity contribution in [2.45, 2.75) is 48.6 Å². The Morgan fingerprint density at radius 1 is 0.604 bits per heavy atom. The van der Waals surface area contributed by atoms with Gasteiger partial charge in [0.15, 0.2) is 5.78 Å². The minimum atomic E-state index is -4.02. The fraction of sp³-hybridized carbons (Fsp3) is 0.286. The molecule has 0 bridgehead atoms. The van der Waals surface area contributed by atoms with E-state index < -0.39 is 20.2 Å². The van der Waals surface area contributed by atoms with E-state index in [0.29, 0.717) is 25.3 Å². The van der Waals surface area contributed by atoms with Gasteiger partial charge in [-0.1, -0.05) is 35.4 Å². The topological polar surface area (TPSA) is 168 Å². The molecule has 1 aliphatic carbocycles. The summed E-state index contributed by atoms with van der Waals surface area (Å²) < 4.78 is 70.8. The monoisotopic (exact) mass is 694 g/mol. The summed E-state index contributed by atoms with van der Waals surface area (Å²) in [4.78, 5) is 12.7. The molecule has 7 rings (SSSR count). The van der Waals surface area contributed by atoms with E-state index in [1.165, 1.54) is 24.3 Å². The van der Waals surface area contributed by atoms with Crippen LogP contribution in [0.25, 0.3) is 11.1 Å². The molecular weight excluding hydrogens is 657 g/mol. The molecule has 3 aliphatic rings. The summed E-state index contributed by atoms with van der Waals surface area (Å²) in [6.07, 6.45) is 2.29. The minimum Gasteiger partial charge on any atom is -0.492 e. The quantitative estimate of drug-likeness (QED) is 0.164. The first kappa shape index (κ1) is 35.2. The van der Waals surface area contributed by atoms with E-state index in [9.17, 15) is 21.6 Å². The molecule has 0 unspecified atom stereocenters. The summed E-state index contributed by atoms with van der Waals surface area (Å²) in [5.41, 5.74) is 5.31. The Kier molecular flexibility index (Phi) is 11.0. The van der Waals surface area contributed by atoms with Crippen LogP contribution in [-0.4, -0.2) is 70.1 Å². The number of carbonyl (C=O) groups is 1. The molecule has 4 aromatic carbocycles. The van der Waals surface area contributed by atoms with Crippen LogP contribution in [0.1, 0.15) is 39.9 Å². The number of ketones is 1. The minimum absolute atomic E-state index is 0.0504. The van der Waals surface area contributed by atoms with E-state index in [1.807, 2.05) is 50.2 Å². The van der Waals surface area contributed by atoms with Crippen molar-refractivity contribution in [3.8, 4) is 22.6 Å². The van der Waals surface area contributed by atoms with Gasteiger partial charge in [-0.3, -0.25) is 13.9 Å². The summed E-state index contributed by atoms with van der Waals surface area (Å²) >= 11 is 0. The summed E-state index contributed by atoms with van der Waals surface area (Å²) in [5.74, 6) is 1.56. The fourth-order valence-corrected chi connectivity index (χ4v) is 5.97. The molecule has 4 N–H and O–H groups in total. The Balaban J connectivity index is 0.000000170. The van der Waals surface area contributed by atoms with E-state index >= 15 is 0 Å².